The van der Waals surface area contributed by atoms with Gasteiger partial charge in [0, 0.05) is 19.5 Å². The van der Waals surface area contributed by atoms with Gasteiger partial charge in [-0.1, -0.05) is 13.0 Å². The van der Waals surface area contributed by atoms with Gasteiger partial charge in [-0.05, 0) is 38.7 Å². The van der Waals surface area contributed by atoms with Gasteiger partial charge in [0.2, 0.25) is 0 Å². The Kier molecular flexibility index (Phi) is 6.26. The molecule has 1 aliphatic heterocycles. The van der Waals surface area contributed by atoms with E-state index in [0.29, 0.717) is 25.3 Å². The van der Waals surface area contributed by atoms with Crippen LogP contribution >= 0.6 is 0 Å². The molecule has 1 atom stereocenters. The summed E-state index contributed by atoms with van der Waals surface area (Å²) in [6.45, 7) is 4.79. The van der Waals surface area contributed by atoms with Gasteiger partial charge in [-0.2, -0.15) is 0 Å². The molecule has 1 unspecified atom stereocenters. The van der Waals surface area contributed by atoms with E-state index in [4.69, 9.17) is 4.74 Å². The van der Waals surface area contributed by atoms with E-state index in [1.165, 1.54) is 11.0 Å². The number of phenols is 1. The standard InChI is InChI=1S/C19H26N2O5/c1-5-13(22)16-17(12-7-8-14(23)15(11-12)26-6-2)21(10-9-20(3)4)19(25)18(16)24/h7-8,11,17,23-24H,5-6,9-10H2,1-4H3. The van der Waals surface area contributed by atoms with Gasteiger partial charge in [-0.3, -0.25) is 9.59 Å². The molecule has 7 nitrogen and oxygen atoms in total. The van der Waals surface area contributed by atoms with Crippen molar-refractivity contribution >= 4 is 11.7 Å². The molecule has 0 fully saturated rings. The highest BCUT2D eigenvalue weighted by molar-refractivity contribution is 6.08. The van der Waals surface area contributed by atoms with Crippen molar-refractivity contribution in [2.75, 3.05) is 33.8 Å². The second kappa shape index (κ2) is 8.23. The lowest BCUT2D eigenvalue weighted by Crippen LogP contribution is -2.36. The molecule has 0 saturated carbocycles. The molecule has 2 N–H and O–H groups in total. The number of nitrogens with zero attached hydrogens (tertiary/aromatic N) is 2. The van der Waals surface area contributed by atoms with Crippen LogP contribution in [-0.2, 0) is 9.59 Å². The lowest BCUT2D eigenvalue weighted by atomic mass is 9.94. The van der Waals surface area contributed by atoms with E-state index in [1.807, 2.05) is 19.0 Å². The number of Topliss-reactive ketones (excluding diaryl/α,β-unsaturated/α-hetero) is 1. The predicted octanol–water partition coefficient (Wildman–Crippen LogP) is 2.03. The van der Waals surface area contributed by atoms with Crippen LogP contribution in [0.3, 0.4) is 0 Å². The molecule has 0 bridgehead atoms. The van der Waals surface area contributed by atoms with Crippen molar-refractivity contribution in [2.24, 2.45) is 0 Å². The number of likely N-dealkylation sites (N-methyl/N-ethyl adjacent to an activating group) is 1. The van der Waals surface area contributed by atoms with Crippen molar-refractivity contribution < 1.29 is 24.5 Å². The second-order valence-electron chi connectivity index (χ2n) is 6.40. The molecule has 1 aromatic carbocycles. The SMILES string of the molecule is CCOc1cc(C2C(C(=O)CC)=C(O)C(=O)N2CCN(C)C)ccc1O. The molecule has 1 aliphatic rings. The molecule has 2 rings (SSSR count). The summed E-state index contributed by atoms with van der Waals surface area (Å²) >= 11 is 0. The number of aromatic hydroxyl groups is 1. The highest BCUT2D eigenvalue weighted by atomic mass is 16.5. The second-order valence-corrected chi connectivity index (χ2v) is 6.40. The average molecular weight is 362 g/mol. The minimum absolute atomic E-state index is 0.0173. The summed E-state index contributed by atoms with van der Waals surface area (Å²) in [5.74, 6) is -1.07. The number of hydrogen-bond acceptors (Lipinski definition) is 6. The van der Waals surface area contributed by atoms with Crippen LogP contribution in [0.4, 0.5) is 0 Å². The first-order valence-electron chi connectivity index (χ1n) is 8.69. The Hall–Kier alpha value is -2.54. The Morgan fingerprint density at radius 2 is 1.96 bits per heavy atom. The maximum absolute atomic E-state index is 12.6. The first-order valence-corrected chi connectivity index (χ1v) is 8.69. The van der Waals surface area contributed by atoms with Crippen molar-refractivity contribution in [1.82, 2.24) is 9.80 Å². The van der Waals surface area contributed by atoms with Crippen LogP contribution in [0.1, 0.15) is 31.9 Å². The maximum Gasteiger partial charge on any atom is 0.290 e. The zero-order chi connectivity index (χ0) is 19.4. The van der Waals surface area contributed by atoms with Crippen molar-refractivity contribution in [3.63, 3.8) is 0 Å². The number of amides is 1. The van der Waals surface area contributed by atoms with Crippen LogP contribution in [0.25, 0.3) is 0 Å². The zero-order valence-corrected chi connectivity index (χ0v) is 15.7. The van der Waals surface area contributed by atoms with Gasteiger partial charge in [-0.15, -0.1) is 0 Å². The summed E-state index contributed by atoms with van der Waals surface area (Å²) < 4.78 is 5.42. The third kappa shape index (κ3) is 3.83. The number of rotatable bonds is 8. The van der Waals surface area contributed by atoms with E-state index in [9.17, 15) is 19.8 Å². The number of ether oxygens (including phenoxy) is 1. The fraction of sp³-hybridized carbons (Fsp3) is 0.474. The number of benzene rings is 1. The van der Waals surface area contributed by atoms with Gasteiger partial charge < -0.3 is 24.7 Å². The maximum atomic E-state index is 12.6. The van der Waals surface area contributed by atoms with Crippen molar-refractivity contribution in [3.05, 3.63) is 35.1 Å². The number of aliphatic hydroxyl groups is 1. The van der Waals surface area contributed by atoms with Gasteiger partial charge in [0.15, 0.2) is 23.0 Å². The van der Waals surface area contributed by atoms with Crippen LogP contribution in [-0.4, -0.2) is 65.5 Å². The molecule has 26 heavy (non-hydrogen) atoms. The zero-order valence-electron chi connectivity index (χ0n) is 15.7. The molecule has 0 spiro atoms. The van der Waals surface area contributed by atoms with Gasteiger partial charge >= 0.3 is 0 Å². The van der Waals surface area contributed by atoms with Gasteiger partial charge in [0.05, 0.1) is 18.2 Å². The quantitative estimate of drug-likeness (QED) is 0.735. The Morgan fingerprint density at radius 3 is 2.54 bits per heavy atom. The largest absolute Gasteiger partial charge is 0.504 e. The monoisotopic (exact) mass is 362 g/mol. The van der Waals surface area contributed by atoms with Crippen molar-refractivity contribution in [1.29, 1.82) is 0 Å². The van der Waals surface area contributed by atoms with Gasteiger partial charge in [0.1, 0.15) is 0 Å². The third-order valence-electron chi connectivity index (χ3n) is 4.31. The molecule has 1 aromatic rings. The molecule has 0 aliphatic carbocycles. The number of phenolic OH excluding ortho intramolecular Hbond substituents is 1. The van der Waals surface area contributed by atoms with Crippen LogP contribution in [0.5, 0.6) is 11.5 Å². The fourth-order valence-electron chi connectivity index (χ4n) is 2.99. The van der Waals surface area contributed by atoms with Crippen molar-refractivity contribution in [2.45, 2.75) is 26.3 Å². The molecule has 0 saturated heterocycles. The Bertz CT molecular complexity index is 727. The van der Waals surface area contributed by atoms with E-state index in [1.54, 1.807) is 26.0 Å². The Labute approximate surface area is 153 Å². The molecule has 1 amide bonds. The number of hydrogen-bond donors (Lipinski definition) is 2. The van der Waals surface area contributed by atoms with E-state index in [-0.39, 0.29) is 29.3 Å². The minimum atomic E-state index is -0.699. The summed E-state index contributed by atoms with van der Waals surface area (Å²) in [5.41, 5.74) is 0.712. The number of carbonyl (C=O) groups is 2. The molecule has 0 radical (unpaired) electrons. The average Bonchev–Trinajstić information content (AvgIpc) is 2.86. The highest BCUT2D eigenvalue weighted by Crippen LogP contribution is 2.40. The molecule has 142 valence electrons. The Morgan fingerprint density at radius 1 is 1.27 bits per heavy atom. The van der Waals surface area contributed by atoms with Gasteiger partial charge in [-0.25, -0.2) is 0 Å². The smallest absolute Gasteiger partial charge is 0.290 e. The lowest BCUT2D eigenvalue weighted by molar-refractivity contribution is -0.129. The minimum Gasteiger partial charge on any atom is -0.504 e. The molecular formula is C19H26N2O5. The van der Waals surface area contributed by atoms with E-state index >= 15 is 0 Å². The predicted molar refractivity (Wildman–Crippen MR) is 97.2 cm³/mol. The third-order valence-corrected chi connectivity index (χ3v) is 4.31. The molecule has 1 heterocycles. The Balaban J connectivity index is 2.51. The first-order chi connectivity index (χ1) is 12.3. The fourth-order valence-corrected chi connectivity index (χ4v) is 2.99. The molecule has 7 heteroatoms. The van der Waals surface area contributed by atoms with Crippen LogP contribution < -0.4 is 4.74 Å². The highest BCUT2D eigenvalue weighted by Gasteiger charge is 2.42. The van der Waals surface area contributed by atoms with Crippen LogP contribution in [0.2, 0.25) is 0 Å². The van der Waals surface area contributed by atoms with Crippen LogP contribution in [0, 0.1) is 0 Å². The number of aliphatic hydroxyl groups excluding tert-OH is 1. The van der Waals surface area contributed by atoms with E-state index in [0.717, 1.165) is 0 Å². The van der Waals surface area contributed by atoms with Crippen LogP contribution in [0.15, 0.2) is 29.5 Å². The summed E-state index contributed by atoms with van der Waals surface area (Å²) in [6, 6.07) is 4.02. The summed E-state index contributed by atoms with van der Waals surface area (Å²) in [6.07, 6.45) is 0.182. The number of ketones is 1. The topological polar surface area (TPSA) is 90.3 Å². The summed E-state index contributed by atoms with van der Waals surface area (Å²) in [7, 11) is 3.77. The normalized spacial score (nSPS) is 17.3. The number of carbonyl (C=O) groups excluding carboxylic acids is 2. The molecule has 0 aromatic heterocycles. The van der Waals surface area contributed by atoms with Crippen molar-refractivity contribution in [3.8, 4) is 11.5 Å². The van der Waals surface area contributed by atoms with E-state index in [2.05, 4.69) is 0 Å². The first kappa shape index (κ1) is 19.8. The lowest BCUT2D eigenvalue weighted by Gasteiger charge is -2.28. The van der Waals surface area contributed by atoms with Gasteiger partial charge in [0.25, 0.3) is 5.91 Å². The van der Waals surface area contributed by atoms with E-state index < -0.39 is 17.7 Å². The molecular weight excluding hydrogens is 336 g/mol. The summed E-state index contributed by atoms with van der Waals surface area (Å²) in [5, 5.41) is 20.3. The summed E-state index contributed by atoms with van der Waals surface area (Å²) in [4.78, 5) is 28.4.